The van der Waals surface area contributed by atoms with Crippen LogP contribution in [0.15, 0.2) is 41.0 Å². The average Bonchev–Trinajstić information content (AvgIpc) is 2.87. The first-order chi connectivity index (χ1) is 9.24. The van der Waals surface area contributed by atoms with Gasteiger partial charge >= 0.3 is 0 Å². The van der Waals surface area contributed by atoms with Crippen LogP contribution in [-0.2, 0) is 4.79 Å². The van der Waals surface area contributed by atoms with Gasteiger partial charge in [-0.2, -0.15) is 0 Å². The van der Waals surface area contributed by atoms with Gasteiger partial charge in [0, 0.05) is 16.5 Å². The Balaban J connectivity index is 2.48. The molecule has 0 N–H and O–H groups in total. The number of hydrogen-bond donors (Lipinski definition) is 0. The standard InChI is InChI=1S/C17H14O2/c1-11-14-7-3-4-8-15(14)12(2)17-16(11)13(10-19-17)6-5-9-18/h3-10H,1-2H3/b6-5-. The van der Waals surface area contributed by atoms with Crippen LogP contribution < -0.4 is 0 Å². The molecule has 0 atom stereocenters. The van der Waals surface area contributed by atoms with Crippen LogP contribution in [0.2, 0.25) is 0 Å². The van der Waals surface area contributed by atoms with Gasteiger partial charge in [-0.3, -0.25) is 4.79 Å². The molecule has 0 radical (unpaired) electrons. The number of benzene rings is 2. The van der Waals surface area contributed by atoms with Crippen LogP contribution in [0.25, 0.3) is 27.8 Å². The summed E-state index contributed by atoms with van der Waals surface area (Å²) in [6.45, 7) is 4.17. The van der Waals surface area contributed by atoms with E-state index in [1.54, 1.807) is 12.3 Å². The lowest BCUT2D eigenvalue weighted by Crippen LogP contribution is -1.86. The smallest absolute Gasteiger partial charge is 0.142 e. The Kier molecular flexibility index (Phi) is 2.71. The van der Waals surface area contributed by atoms with E-state index in [-0.39, 0.29) is 0 Å². The van der Waals surface area contributed by atoms with Crippen molar-refractivity contribution >= 4 is 34.1 Å². The highest BCUT2D eigenvalue weighted by Gasteiger charge is 2.13. The summed E-state index contributed by atoms with van der Waals surface area (Å²) in [6.07, 6.45) is 5.78. The quantitative estimate of drug-likeness (QED) is 0.498. The zero-order chi connectivity index (χ0) is 13.4. The van der Waals surface area contributed by atoms with Crippen molar-refractivity contribution in [2.45, 2.75) is 13.8 Å². The second-order valence-corrected chi connectivity index (χ2v) is 4.69. The van der Waals surface area contributed by atoms with E-state index in [0.717, 1.165) is 28.4 Å². The van der Waals surface area contributed by atoms with Gasteiger partial charge in [-0.15, -0.1) is 0 Å². The highest BCUT2D eigenvalue weighted by Crippen LogP contribution is 2.35. The molecule has 0 unspecified atom stereocenters. The minimum atomic E-state index is 0.780. The molecule has 1 aromatic heterocycles. The summed E-state index contributed by atoms with van der Waals surface area (Å²) in [6, 6.07) is 8.32. The molecule has 3 rings (SSSR count). The maximum absolute atomic E-state index is 10.5. The van der Waals surface area contributed by atoms with Crippen LogP contribution in [0.5, 0.6) is 0 Å². The molecular formula is C17H14O2. The van der Waals surface area contributed by atoms with Crippen molar-refractivity contribution in [3.8, 4) is 0 Å². The third-order valence-electron chi connectivity index (χ3n) is 3.62. The highest BCUT2D eigenvalue weighted by atomic mass is 16.3. The molecular weight excluding hydrogens is 236 g/mol. The third kappa shape index (κ3) is 1.68. The molecule has 2 nitrogen and oxygen atoms in total. The largest absolute Gasteiger partial charge is 0.463 e. The van der Waals surface area contributed by atoms with Crippen LogP contribution in [0.3, 0.4) is 0 Å². The molecule has 3 aromatic rings. The van der Waals surface area contributed by atoms with E-state index in [1.807, 2.05) is 12.1 Å². The number of carbonyl (C=O) groups excluding carboxylic acids is 1. The van der Waals surface area contributed by atoms with E-state index in [4.69, 9.17) is 4.42 Å². The monoisotopic (exact) mass is 250 g/mol. The van der Waals surface area contributed by atoms with E-state index in [9.17, 15) is 4.79 Å². The van der Waals surface area contributed by atoms with Gasteiger partial charge in [0.25, 0.3) is 0 Å². The fourth-order valence-corrected chi connectivity index (χ4v) is 2.69. The van der Waals surface area contributed by atoms with Crippen molar-refractivity contribution in [1.82, 2.24) is 0 Å². The number of allylic oxidation sites excluding steroid dienone is 1. The first-order valence-electron chi connectivity index (χ1n) is 6.25. The Labute approximate surface area is 111 Å². The van der Waals surface area contributed by atoms with Crippen molar-refractivity contribution in [3.05, 3.63) is 53.3 Å². The van der Waals surface area contributed by atoms with Gasteiger partial charge in [0.15, 0.2) is 0 Å². The zero-order valence-electron chi connectivity index (χ0n) is 10.9. The molecule has 94 valence electrons. The second-order valence-electron chi connectivity index (χ2n) is 4.69. The number of rotatable bonds is 2. The predicted molar refractivity (Wildman–Crippen MR) is 78.3 cm³/mol. The molecule has 1 heterocycles. The van der Waals surface area contributed by atoms with Gasteiger partial charge in [0.05, 0.1) is 6.26 Å². The molecule has 0 amide bonds. The summed E-state index contributed by atoms with van der Waals surface area (Å²) in [5.41, 5.74) is 4.19. The lowest BCUT2D eigenvalue weighted by molar-refractivity contribution is -0.104. The van der Waals surface area contributed by atoms with Gasteiger partial charge in [0.2, 0.25) is 0 Å². The van der Waals surface area contributed by atoms with Crippen molar-refractivity contribution < 1.29 is 9.21 Å². The summed E-state index contributed by atoms with van der Waals surface area (Å²) in [7, 11) is 0. The van der Waals surface area contributed by atoms with Crippen molar-refractivity contribution in [3.63, 3.8) is 0 Å². The van der Waals surface area contributed by atoms with Gasteiger partial charge in [-0.05, 0) is 42.3 Å². The topological polar surface area (TPSA) is 30.2 Å². The second kappa shape index (κ2) is 4.39. The van der Waals surface area contributed by atoms with Gasteiger partial charge in [0.1, 0.15) is 11.9 Å². The molecule has 0 saturated carbocycles. The molecule has 19 heavy (non-hydrogen) atoms. The fourth-order valence-electron chi connectivity index (χ4n) is 2.69. The number of aldehydes is 1. The molecule has 0 bridgehead atoms. The fraction of sp³-hybridized carbons (Fsp3) is 0.118. The Bertz CT molecular complexity index is 807. The lowest BCUT2D eigenvalue weighted by Gasteiger charge is -2.08. The SMILES string of the molecule is Cc1c2ccccc2c(C)c2c(/C=C\C=O)coc12. The number of carbonyl (C=O) groups is 1. The zero-order valence-corrected chi connectivity index (χ0v) is 10.9. The maximum Gasteiger partial charge on any atom is 0.142 e. The van der Waals surface area contributed by atoms with Gasteiger partial charge < -0.3 is 4.42 Å². The summed E-state index contributed by atoms with van der Waals surface area (Å²) in [5.74, 6) is 0. The van der Waals surface area contributed by atoms with Gasteiger partial charge in [-0.1, -0.05) is 24.3 Å². The number of furan rings is 1. The maximum atomic E-state index is 10.5. The average molecular weight is 250 g/mol. The summed E-state index contributed by atoms with van der Waals surface area (Å²) >= 11 is 0. The lowest BCUT2D eigenvalue weighted by atomic mass is 9.95. The highest BCUT2D eigenvalue weighted by molar-refractivity contribution is 6.06. The summed E-state index contributed by atoms with van der Waals surface area (Å²) < 4.78 is 5.70. The third-order valence-corrected chi connectivity index (χ3v) is 3.62. The van der Waals surface area contributed by atoms with E-state index in [0.29, 0.717) is 0 Å². The van der Waals surface area contributed by atoms with Crippen molar-refractivity contribution in [2.75, 3.05) is 0 Å². The van der Waals surface area contributed by atoms with Crippen molar-refractivity contribution in [2.24, 2.45) is 0 Å². The van der Waals surface area contributed by atoms with Crippen LogP contribution in [0, 0.1) is 13.8 Å². The van der Waals surface area contributed by atoms with Crippen LogP contribution in [0.4, 0.5) is 0 Å². The Morgan fingerprint density at radius 1 is 1.05 bits per heavy atom. The van der Waals surface area contributed by atoms with E-state index < -0.39 is 0 Å². The molecule has 0 aliphatic carbocycles. The summed E-state index contributed by atoms with van der Waals surface area (Å²) in [5, 5.41) is 3.54. The Hall–Kier alpha value is -2.35. The molecule has 2 aromatic carbocycles. The van der Waals surface area contributed by atoms with E-state index >= 15 is 0 Å². The molecule has 0 spiro atoms. The van der Waals surface area contributed by atoms with Crippen molar-refractivity contribution in [1.29, 1.82) is 0 Å². The molecule has 2 heteroatoms. The first kappa shape index (κ1) is 11.7. The Morgan fingerprint density at radius 2 is 1.74 bits per heavy atom. The van der Waals surface area contributed by atoms with E-state index in [2.05, 4.69) is 26.0 Å². The number of fused-ring (bicyclic) bond motifs is 2. The number of aryl methyl sites for hydroxylation is 2. The minimum Gasteiger partial charge on any atom is -0.463 e. The normalized spacial score (nSPS) is 11.7. The molecule has 0 aliphatic rings. The minimum absolute atomic E-state index is 0.780. The van der Waals surface area contributed by atoms with Gasteiger partial charge in [-0.25, -0.2) is 0 Å². The first-order valence-corrected chi connectivity index (χ1v) is 6.25. The van der Waals surface area contributed by atoms with Crippen LogP contribution >= 0.6 is 0 Å². The van der Waals surface area contributed by atoms with Crippen LogP contribution in [-0.4, -0.2) is 6.29 Å². The van der Waals surface area contributed by atoms with E-state index in [1.165, 1.54) is 22.4 Å². The number of hydrogen-bond acceptors (Lipinski definition) is 2. The van der Waals surface area contributed by atoms with Crippen LogP contribution in [0.1, 0.15) is 16.7 Å². The molecule has 0 aliphatic heterocycles. The summed E-state index contributed by atoms with van der Waals surface area (Å²) in [4.78, 5) is 10.5. The molecule has 0 fully saturated rings. The Morgan fingerprint density at radius 3 is 2.42 bits per heavy atom. The predicted octanol–water partition coefficient (Wildman–Crippen LogP) is 4.41. The molecule has 0 saturated heterocycles.